The number of fused-ring (bicyclic) bond motifs is 1. The Labute approximate surface area is 81.4 Å². The Hall–Kier alpha value is -1.64. The van der Waals surface area contributed by atoms with Crippen molar-refractivity contribution >= 4 is 11.1 Å². The normalized spacial score (nSPS) is 11.1. The van der Waals surface area contributed by atoms with E-state index in [0.717, 1.165) is 5.69 Å². The van der Waals surface area contributed by atoms with E-state index in [9.17, 15) is 4.79 Å². The highest BCUT2D eigenvalue weighted by molar-refractivity contribution is 5.72. The van der Waals surface area contributed by atoms with Crippen molar-refractivity contribution in [3.63, 3.8) is 0 Å². The summed E-state index contributed by atoms with van der Waals surface area (Å²) >= 11 is 0. The summed E-state index contributed by atoms with van der Waals surface area (Å²) in [6.07, 6.45) is 1.38. The molecule has 0 aliphatic rings. The minimum atomic E-state index is -0.0472. The molecule has 0 fully saturated rings. The van der Waals surface area contributed by atoms with E-state index in [1.54, 1.807) is 6.07 Å². The van der Waals surface area contributed by atoms with E-state index in [2.05, 4.69) is 18.8 Å². The average Bonchev–Trinajstić information content (AvgIpc) is 2.17. The summed E-state index contributed by atoms with van der Waals surface area (Å²) in [5.74, 6) is 0.338. The van der Waals surface area contributed by atoms with Crippen LogP contribution in [0.3, 0.4) is 0 Å². The number of aromatic nitrogens is 1. The van der Waals surface area contributed by atoms with Crippen LogP contribution in [0.4, 0.5) is 0 Å². The Bertz CT molecular complexity index is 514. The zero-order valence-corrected chi connectivity index (χ0v) is 8.15. The fraction of sp³-hybridized carbons (Fsp3) is 0.273. The van der Waals surface area contributed by atoms with E-state index in [4.69, 9.17) is 4.42 Å². The second kappa shape index (κ2) is 3.25. The number of pyridine rings is 1. The Morgan fingerprint density at radius 3 is 2.79 bits per heavy atom. The summed E-state index contributed by atoms with van der Waals surface area (Å²) in [7, 11) is 0. The van der Waals surface area contributed by atoms with Crippen molar-refractivity contribution in [2.24, 2.45) is 0 Å². The van der Waals surface area contributed by atoms with E-state index in [1.807, 2.05) is 6.07 Å². The maximum atomic E-state index is 11.4. The van der Waals surface area contributed by atoms with Gasteiger partial charge in [-0.05, 0) is 18.1 Å². The molecule has 0 aliphatic heterocycles. The maximum Gasteiger partial charge on any atom is 0.229 e. The molecule has 0 aromatic carbocycles. The number of hydrogen-bond acceptors (Lipinski definition) is 3. The highest BCUT2D eigenvalue weighted by Gasteiger charge is 2.05. The lowest BCUT2D eigenvalue weighted by molar-refractivity contribution is 0.585. The third-order valence-corrected chi connectivity index (χ3v) is 2.14. The molecule has 72 valence electrons. The van der Waals surface area contributed by atoms with Crippen LogP contribution in [0.25, 0.3) is 11.1 Å². The van der Waals surface area contributed by atoms with Crippen molar-refractivity contribution in [2.45, 2.75) is 19.8 Å². The van der Waals surface area contributed by atoms with Gasteiger partial charge in [-0.1, -0.05) is 13.8 Å². The molecule has 0 unspecified atom stereocenters. The monoisotopic (exact) mass is 189 g/mol. The smallest absolute Gasteiger partial charge is 0.229 e. The van der Waals surface area contributed by atoms with E-state index < -0.39 is 0 Å². The maximum absolute atomic E-state index is 11.4. The molecule has 2 heterocycles. The topological polar surface area (TPSA) is 43.1 Å². The van der Waals surface area contributed by atoms with Gasteiger partial charge in [0.2, 0.25) is 5.71 Å². The Balaban J connectivity index is 2.74. The van der Waals surface area contributed by atoms with Gasteiger partial charge in [0.15, 0.2) is 5.43 Å². The molecule has 14 heavy (non-hydrogen) atoms. The highest BCUT2D eigenvalue weighted by atomic mass is 16.3. The quantitative estimate of drug-likeness (QED) is 0.691. The van der Waals surface area contributed by atoms with Gasteiger partial charge in [0.1, 0.15) is 0 Å². The molecule has 0 saturated carbocycles. The molecular formula is C11H11NO2. The van der Waals surface area contributed by atoms with Gasteiger partial charge >= 0.3 is 0 Å². The molecule has 3 nitrogen and oxygen atoms in total. The molecule has 3 heteroatoms. The average molecular weight is 189 g/mol. The molecule has 0 radical (unpaired) electrons. The van der Waals surface area contributed by atoms with Crippen LogP contribution in [0.1, 0.15) is 25.5 Å². The standard InChI is InChI=1S/C11H11NO2/c1-7(2)9-4-3-8-10(13)5-6-14-11(8)12-9/h3-7H,1-2H3. The molecule has 0 spiro atoms. The lowest BCUT2D eigenvalue weighted by Crippen LogP contribution is -2.01. The fourth-order valence-corrected chi connectivity index (χ4v) is 1.30. The molecule has 0 aliphatic carbocycles. The zero-order chi connectivity index (χ0) is 10.1. The largest absolute Gasteiger partial charge is 0.446 e. The third kappa shape index (κ3) is 1.41. The first-order valence-electron chi connectivity index (χ1n) is 4.57. The van der Waals surface area contributed by atoms with Gasteiger partial charge in [0, 0.05) is 11.8 Å². The summed E-state index contributed by atoms with van der Waals surface area (Å²) in [5.41, 5.74) is 1.31. The SMILES string of the molecule is CC(C)c1ccc2c(=O)ccoc2n1. The van der Waals surface area contributed by atoms with Gasteiger partial charge in [-0.15, -0.1) is 0 Å². The molecule has 0 N–H and O–H groups in total. The molecule has 0 bridgehead atoms. The predicted molar refractivity (Wildman–Crippen MR) is 54.4 cm³/mol. The Morgan fingerprint density at radius 2 is 2.07 bits per heavy atom. The number of rotatable bonds is 1. The first-order valence-corrected chi connectivity index (χ1v) is 4.57. The van der Waals surface area contributed by atoms with Crippen LogP contribution in [0.5, 0.6) is 0 Å². The third-order valence-electron chi connectivity index (χ3n) is 2.14. The van der Waals surface area contributed by atoms with Crippen LogP contribution in [0.2, 0.25) is 0 Å². The van der Waals surface area contributed by atoms with Crippen molar-refractivity contribution in [2.75, 3.05) is 0 Å². The summed E-state index contributed by atoms with van der Waals surface area (Å²) in [6.45, 7) is 4.10. The summed E-state index contributed by atoms with van der Waals surface area (Å²) in [5, 5.41) is 0.539. The molecule has 2 rings (SSSR count). The Morgan fingerprint density at radius 1 is 1.29 bits per heavy atom. The predicted octanol–water partition coefficient (Wildman–Crippen LogP) is 2.31. The van der Waals surface area contributed by atoms with Crippen LogP contribution in [0.15, 0.2) is 33.7 Å². The molecule has 2 aromatic heterocycles. The second-order valence-electron chi connectivity index (χ2n) is 3.53. The molecular weight excluding hydrogens is 178 g/mol. The summed E-state index contributed by atoms with van der Waals surface area (Å²) < 4.78 is 5.17. The molecule has 0 saturated heterocycles. The first-order chi connectivity index (χ1) is 6.68. The van der Waals surface area contributed by atoms with Crippen LogP contribution in [0, 0.1) is 0 Å². The van der Waals surface area contributed by atoms with Crippen molar-refractivity contribution in [3.05, 3.63) is 40.4 Å². The Kier molecular flexibility index (Phi) is 2.08. The van der Waals surface area contributed by atoms with E-state index in [1.165, 1.54) is 12.3 Å². The van der Waals surface area contributed by atoms with E-state index in [-0.39, 0.29) is 5.43 Å². The number of hydrogen-bond donors (Lipinski definition) is 0. The van der Waals surface area contributed by atoms with Gasteiger partial charge in [-0.3, -0.25) is 4.79 Å². The summed E-state index contributed by atoms with van der Waals surface area (Å²) in [6, 6.07) is 5.03. The fourth-order valence-electron chi connectivity index (χ4n) is 1.30. The van der Waals surface area contributed by atoms with Gasteiger partial charge in [-0.25, -0.2) is 4.98 Å². The van der Waals surface area contributed by atoms with Crippen molar-refractivity contribution in [1.29, 1.82) is 0 Å². The minimum Gasteiger partial charge on any atom is -0.446 e. The molecule has 2 aromatic rings. The minimum absolute atomic E-state index is 0.0472. The van der Waals surface area contributed by atoms with Crippen LogP contribution in [-0.4, -0.2) is 4.98 Å². The van der Waals surface area contributed by atoms with Crippen LogP contribution >= 0.6 is 0 Å². The van der Waals surface area contributed by atoms with E-state index in [0.29, 0.717) is 17.0 Å². The van der Waals surface area contributed by atoms with Gasteiger partial charge < -0.3 is 4.42 Å². The van der Waals surface area contributed by atoms with Crippen molar-refractivity contribution in [1.82, 2.24) is 4.98 Å². The molecule has 0 amide bonds. The molecule has 0 atom stereocenters. The van der Waals surface area contributed by atoms with Crippen molar-refractivity contribution < 1.29 is 4.42 Å². The summed E-state index contributed by atoms with van der Waals surface area (Å²) in [4.78, 5) is 15.6. The zero-order valence-electron chi connectivity index (χ0n) is 8.15. The number of nitrogens with zero attached hydrogens (tertiary/aromatic N) is 1. The van der Waals surface area contributed by atoms with Gasteiger partial charge in [-0.2, -0.15) is 0 Å². The van der Waals surface area contributed by atoms with Gasteiger partial charge in [0.25, 0.3) is 0 Å². The van der Waals surface area contributed by atoms with Gasteiger partial charge in [0.05, 0.1) is 11.6 Å². The van der Waals surface area contributed by atoms with Crippen LogP contribution < -0.4 is 5.43 Å². The van der Waals surface area contributed by atoms with Crippen molar-refractivity contribution in [3.8, 4) is 0 Å². The lowest BCUT2D eigenvalue weighted by Gasteiger charge is -2.03. The first kappa shape index (κ1) is 8.94. The lowest BCUT2D eigenvalue weighted by atomic mass is 10.1. The van der Waals surface area contributed by atoms with Crippen LogP contribution in [-0.2, 0) is 0 Å². The second-order valence-corrected chi connectivity index (χ2v) is 3.53. The highest BCUT2D eigenvalue weighted by Crippen LogP contribution is 2.14. The van der Waals surface area contributed by atoms with E-state index >= 15 is 0 Å².